The number of nitrogens with one attached hydrogen (secondary N) is 1. The van der Waals surface area contributed by atoms with Gasteiger partial charge in [0.05, 0.1) is 5.56 Å². The Morgan fingerprint density at radius 1 is 1.04 bits per heavy atom. The highest BCUT2D eigenvalue weighted by molar-refractivity contribution is 5.98. The fraction of sp³-hybridized carbons (Fsp3) is 0.118. The molecule has 0 radical (unpaired) electrons. The predicted molar refractivity (Wildman–Crippen MR) is 83.5 cm³/mol. The number of carbonyl (C=O) groups is 3. The number of anilines is 1. The Labute approximate surface area is 132 Å². The van der Waals surface area contributed by atoms with Crippen molar-refractivity contribution in [1.29, 1.82) is 0 Å². The van der Waals surface area contributed by atoms with Gasteiger partial charge in [-0.05, 0) is 43.3 Å². The van der Waals surface area contributed by atoms with Crippen LogP contribution in [-0.2, 0) is 9.53 Å². The highest BCUT2D eigenvalue weighted by atomic mass is 16.5. The van der Waals surface area contributed by atoms with E-state index in [2.05, 4.69) is 5.32 Å². The average Bonchev–Trinajstić information content (AvgIpc) is 2.53. The van der Waals surface area contributed by atoms with Crippen LogP contribution in [0, 0.1) is 0 Å². The molecule has 2 rings (SSSR count). The average molecular weight is 313 g/mol. The second-order valence-electron chi connectivity index (χ2n) is 4.81. The molecule has 0 saturated carbocycles. The van der Waals surface area contributed by atoms with Crippen molar-refractivity contribution in [2.75, 3.05) is 11.9 Å². The lowest BCUT2D eigenvalue weighted by Gasteiger charge is -2.07. The molecule has 1 amide bonds. The summed E-state index contributed by atoms with van der Waals surface area (Å²) in [6.07, 6.45) is 0. The first-order valence-electron chi connectivity index (χ1n) is 6.83. The van der Waals surface area contributed by atoms with Crippen LogP contribution in [0.15, 0.2) is 48.5 Å². The number of aromatic hydroxyl groups is 1. The fourth-order valence-corrected chi connectivity index (χ4v) is 1.82. The number of esters is 1. The van der Waals surface area contributed by atoms with Gasteiger partial charge in [0, 0.05) is 11.3 Å². The van der Waals surface area contributed by atoms with E-state index in [9.17, 15) is 14.4 Å². The highest BCUT2D eigenvalue weighted by Crippen LogP contribution is 2.12. The number of carbonyl (C=O) groups excluding carboxylic acids is 3. The molecule has 0 aromatic heterocycles. The molecular formula is C17H15NO5. The molecule has 6 heteroatoms. The third kappa shape index (κ3) is 4.67. The van der Waals surface area contributed by atoms with Gasteiger partial charge in [-0.2, -0.15) is 0 Å². The first-order valence-corrected chi connectivity index (χ1v) is 6.83. The van der Waals surface area contributed by atoms with Gasteiger partial charge in [-0.25, -0.2) is 4.79 Å². The minimum absolute atomic E-state index is 0.0321. The Kier molecular flexibility index (Phi) is 5.09. The Hall–Kier alpha value is -3.15. The van der Waals surface area contributed by atoms with Gasteiger partial charge in [-0.1, -0.05) is 12.1 Å². The molecule has 0 unspecified atom stereocenters. The normalized spacial score (nSPS) is 9.96. The number of phenolic OH excluding ortho intramolecular Hbond substituents is 1. The SMILES string of the molecule is CC(=O)c1cccc(NC(=O)COC(=O)c2ccc(O)cc2)c1. The quantitative estimate of drug-likeness (QED) is 0.653. The number of benzene rings is 2. The van der Waals surface area contributed by atoms with Crippen LogP contribution in [0.5, 0.6) is 5.75 Å². The lowest BCUT2D eigenvalue weighted by atomic mass is 10.1. The van der Waals surface area contributed by atoms with Gasteiger partial charge in [0.1, 0.15) is 5.75 Å². The summed E-state index contributed by atoms with van der Waals surface area (Å²) in [7, 11) is 0. The minimum atomic E-state index is -0.669. The largest absolute Gasteiger partial charge is 0.508 e. The third-order valence-corrected chi connectivity index (χ3v) is 2.99. The molecule has 23 heavy (non-hydrogen) atoms. The van der Waals surface area contributed by atoms with Crippen LogP contribution in [-0.4, -0.2) is 29.4 Å². The van der Waals surface area contributed by atoms with E-state index in [-0.39, 0.29) is 17.1 Å². The summed E-state index contributed by atoms with van der Waals surface area (Å²) >= 11 is 0. The molecule has 118 valence electrons. The molecular weight excluding hydrogens is 298 g/mol. The van der Waals surface area contributed by atoms with Crippen molar-refractivity contribution in [3.63, 3.8) is 0 Å². The summed E-state index contributed by atoms with van der Waals surface area (Å²) in [4.78, 5) is 34.8. The molecule has 0 spiro atoms. The molecule has 2 aromatic rings. The van der Waals surface area contributed by atoms with Gasteiger partial charge in [0.2, 0.25) is 0 Å². The molecule has 0 fully saturated rings. The first kappa shape index (κ1) is 16.2. The number of Topliss-reactive ketones (excluding diaryl/α,β-unsaturated/α-hetero) is 1. The minimum Gasteiger partial charge on any atom is -0.508 e. The second-order valence-corrected chi connectivity index (χ2v) is 4.81. The summed E-state index contributed by atoms with van der Waals surface area (Å²) in [6, 6.07) is 12.0. The zero-order valence-electron chi connectivity index (χ0n) is 12.4. The van der Waals surface area contributed by atoms with E-state index in [1.165, 1.54) is 31.2 Å². The molecule has 0 bridgehead atoms. The number of amides is 1. The zero-order chi connectivity index (χ0) is 16.8. The zero-order valence-corrected chi connectivity index (χ0v) is 12.4. The maximum atomic E-state index is 11.8. The van der Waals surface area contributed by atoms with E-state index >= 15 is 0 Å². The molecule has 6 nitrogen and oxygen atoms in total. The van der Waals surface area contributed by atoms with Crippen molar-refractivity contribution in [3.8, 4) is 5.75 Å². The Morgan fingerprint density at radius 2 is 1.74 bits per heavy atom. The lowest BCUT2D eigenvalue weighted by molar-refractivity contribution is -0.119. The summed E-state index contributed by atoms with van der Waals surface area (Å²) < 4.78 is 4.88. The number of hydrogen-bond acceptors (Lipinski definition) is 5. The van der Waals surface area contributed by atoms with Crippen molar-refractivity contribution in [3.05, 3.63) is 59.7 Å². The number of ether oxygens (including phenoxy) is 1. The lowest BCUT2D eigenvalue weighted by Crippen LogP contribution is -2.21. The number of rotatable bonds is 5. The monoisotopic (exact) mass is 313 g/mol. The standard InChI is InChI=1S/C17H15NO5/c1-11(19)13-3-2-4-14(9-13)18-16(21)10-23-17(22)12-5-7-15(20)8-6-12/h2-9,20H,10H2,1H3,(H,18,21). The summed E-state index contributed by atoms with van der Waals surface area (Å²) in [5.74, 6) is -1.26. The van der Waals surface area contributed by atoms with Gasteiger partial charge in [-0.15, -0.1) is 0 Å². The van der Waals surface area contributed by atoms with E-state index in [1.807, 2.05) is 0 Å². The fourth-order valence-electron chi connectivity index (χ4n) is 1.82. The number of phenols is 1. The summed E-state index contributed by atoms with van der Waals surface area (Å²) in [6.45, 7) is 0.977. The third-order valence-electron chi connectivity index (χ3n) is 2.99. The maximum absolute atomic E-state index is 11.8. The molecule has 0 saturated heterocycles. The Morgan fingerprint density at radius 3 is 2.39 bits per heavy atom. The van der Waals surface area contributed by atoms with E-state index < -0.39 is 18.5 Å². The van der Waals surface area contributed by atoms with Crippen LogP contribution < -0.4 is 5.32 Å². The topological polar surface area (TPSA) is 92.7 Å². The highest BCUT2D eigenvalue weighted by Gasteiger charge is 2.11. The van der Waals surface area contributed by atoms with Gasteiger partial charge in [0.25, 0.3) is 5.91 Å². The molecule has 0 aliphatic rings. The van der Waals surface area contributed by atoms with Gasteiger partial charge in [-0.3, -0.25) is 9.59 Å². The first-order chi connectivity index (χ1) is 11.0. The number of ketones is 1. The van der Waals surface area contributed by atoms with E-state index in [0.29, 0.717) is 11.3 Å². The Bertz CT molecular complexity index is 737. The maximum Gasteiger partial charge on any atom is 0.338 e. The molecule has 0 atom stereocenters. The molecule has 0 aliphatic carbocycles. The predicted octanol–water partition coefficient (Wildman–Crippen LogP) is 2.39. The van der Waals surface area contributed by atoms with Crippen molar-refractivity contribution in [2.45, 2.75) is 6.92 Å². The van der Waals surface area contributed by atoms with Gasteiger partial charge < -0.3 is 15.2 Å². The second kappa shape index (κ2) is 7.22. The van der Waals surface area contributed by atoms with Crippen molar-refractivity contribution in [1.82, 2.24) is 0 Å². The number of hydrogen-bond donors (Lipinski definition) is 2. The molecule has 0 heterocycles. The van der Waals surface area contributed by atoms with Gasteiger partial charge in [0.15, 0.2) is 12.4 Å². The van der Waals surface area contributed by atoms with E-state index in [4.69, 9.17) is 9.84 Å². The summed E-state index contributed by atoms with van der Waals surface area (Å²) in [5, 5.41) is 11.7. The van der Waals surface area contributed by atoms with Crippen LogP contribution in [0.4, 0.5) is 5.69 Å². The van der Waals surface area contributed by atoms with Crippen molar-refractivity contribution in [2.24, 2.45) is 0 Å². The summed E-state index contributed by atoms with van der Waals surface area (Å²) in [5.41, 5.74) is 1.15. The molecule has 2 aromatic carbocycles. The van der Waals surface area contributed by atoms with Crippen LogP contribution in [0.3, 0.4) is 0 Å². The Balaban J connectivity index is 1.90. The molecule has 0 aliphatic heterocycles. The van der Waals surface area contributed by atoms with Crippen molar-refractivity contribution >= 4 is 23.3 Å². The van der Waals surface area contributed by atoms with Crippen LogP contribution in [0.25, 0.3) is 0 Å². The van der Waals surface area contributed by atoms with E-state index in [1.54, 1.807) is 24.3 Å². The smallest absolute Gasteiger partial charge is 0.338 e. The van der Waals surface area contributed by atoms with Crippen LogP contribution >= 0.6 is 0 Å². The van der Waals surface area contributed by atoms with Gasteiger partial charge >= 0.3 is 5.97 Å². The van der Waals surface area contributed by atoms with Crippen LogP contribution in [0.2, 0.25) is 0 Å². The molecule has 2 N–H and O–H groups in total. The van der Waals surface area contributed by atoms with Crippen LogP contribution in [0.1, 0.15) is 27.6 Å². The van der Waals surface area contributed by atoms with E-state index in [0.717, 1.165) is 0 Å². The van der Waals surface area contributed by atoms with Crippen molar-refractivity contribution < 1.29 is 24.2 Å².